The Morgan fingerprint density at radius 2 is 2.17 bits per heavy atom. The van der Waals surface area contributed by atoms with Crippen molar-refractivity contribution in [2.75, 3.05) is 30.0 Å². The van der Waals surface area contributed by atoms with Crippen LogP contribution < -0.4 is 10.2 Å². The highest BCUT2D eigenvalue weighted by molar-refractivity contribution is 6.29. The van der Waals surface area contributed by atoms with Crippen molar-refractivity contribution in [1.82, 2.24) is 9.97 Å². The van der Waals surface area contributed by atoms with Crippen molar-refractivity contribution >= 4 is 29.1 Å². The monoisotopic (exact) mass is 336 g/mol. The molecule has 0 radical (unpaired) electrons. The van der Waals surface area contributed by atoms with Gasteiger partial charge in [0.1, 0.15) is 16.8 Å². The van der Waals surface area contributed by atoms with Crippen molar-refractivity contribution in [2.24, 2.45) is 0 Å². The Balaban J connectivity index is 1.88. The lowest BCUT2D eigenvalue weighted by Crippen LogP contribution is -2.44. The molecule has 0 spiro atoms. The van der Waals surface area contributed by atoms with Gasteiger partial charge in [0.05, 0.1) is 19.3 Å². The van der Waals surface area contributed by atoms with E-state index < -0.39 is 0 Å². The average Bonchev–Trinajstić information content (AvgIpc) is 2.50. The zero-order valence-electron chi connectivity index (χ0n) is 13.0. The summed E-state index contributed by atoms with van der Waals surface area (Å²) in [5, 5.41) is 3.46. The number of rotatable bonds is 3. The molecular weight excluding hydrogens is 319 g/mol. The lowest BCUT2D eigenvalue weighted by molar-refractivity contribution is 0.0985. The van der Waals surface area contributed by atoms with E-state index in [-0.39, 0.29) is 11.9 Å². The van der Waals surface area contributed by atoms with Gasteiger partial charge in [0, 0.05) is 18.3 Å². The third-order valence-electron chi connectivity index (χ3n) is 3.78. The molecule has 1 aromatic heterocycles. The molecule has 5 nitrogen and oxygen atoms in total. The minimum absolute atomic E-state index is 0.218. The van der Waals surface area contributed by atoms with Gasteiger partial charge < -0.3 is 15.0 Å². The summed E-state index contributed by atoms with van der Waals surface area (Å²) >= 11 is 6.14. The number of halogens is 2. The van der Waals surface area contributed by atoms with Crippen LogP contribution in [0.25, 0.3) is 0 Å². The summed E-state index contributed by atoms with van der Waals surface area (Å²) in [6.45, 7) is 5.96. The van der Waals surface area contributed by atoms with E-state index in [1.54, 1.807) is 12.1 Å². The molecule has 2 aromatic rings. The van der Waals surface area contributed by atoms with Crippen molar-refractivity contribution in [1.29, 1.82) is 0 Å². The number of nitrogens with one attached hydrogen (secondary N) is 1. The summed E-state index contributed by atoms with van der Waals surface area (Å²) < 4.78 is 18.6. The van der Waals surface area contributed by atoms with Crippen LogP contribution in [0.5, 0.6) is 0 Å². The first-order chi connectivity index (χ1) is 11.0. The van der Waals surface area contributed by atoms with Gasteiger partial charge in [0.2, 0.25) is 5.95 Å². The third-order valence-corrected chi connectivity index (χ3v) is 3.97. The Morgan fingerprint density at radius 3 is 2.91 bits per heavy atom. The van der Waals surface area contributed by atoms with Crippen molar-refractivity contribution in [3.63, 3.8) is 0 Å². The molecule has 0 amide bonds. The largest absolute Gasteiger partial charge is 0.377 e. The number of aromatic nitrogens is 2. The van der Waals surface area contributed by atoms with E-state index in [0.717, 1.165) is 23.6 Å². The molecule has 3 rings (SSSR count). The average molecular weight is 337 g/mol. The van der Waals surface area contributed by atoms with Crippen LogP contribution in [0.2, 0.25) is 5.15 Å². The number of aryl methyl sites for hydroxylation is 1. The predicted molar refractivity (Wildman–Crippen MR) is 89.1 cm³/mol. The van der Waals surface area contributed by atoms with E-state index in [2.05, 4.69) is 27.1 Å². The van der Waals surface area contributed by atoms with Gasteiger partial charge >= 0.3 is 0 Å². The highest BCUT2D eigenvalue weighted by atomic mass is 35.5. The minimum atomic E-state index is -0.275. The molecule has 1 aliphatic rings. The van der Waals surface area contributed by atoms with Crippen molar-refractivity contribution in [2.45, 2.75) is 19.9 Å². The molecule has 1 saturated heterocycles. The molecule has 1 fully saturated rings. The molecule has 1 N–H and O–H groups in total. The Kier molecular flexibility index (Phi) is 4.63. The molecule has 0 aliphatic carbocycles. The van der Waals surface area contributed by atoms with E-state index >= 15 is 0 Å². The first-order valence-electron chi connectivity index (χ1n) is 7.45. The Morgan fingerprint density at radius 1 is 1.35 bits per heavy atom. The fourth-order valence-corrected chi connectivity index (χ4v) is 2.74. The summed E-state index contributed by atoms with van der Waals surface area (Å²) in [6.07, 6.45) is 0. The fraction of sp³-hybridized carbons (Fsp3) is 0.375. The van der Waals surface area contributed by atoms with Crippen LogP contribution in [-0.4, -0.2) is 35.8 Å². The van der Waals surface area contributed by atoms with Crippen molar-refractivity contribution in [3.05, 3.63) is 40.8 Å². The van der Waals surface area contributed by atoms with Gasteiger partial charge in [-0.1, -0.05) is 11.6 Å². The maximum atomic E-state index is 13.2. The number of morpholine rings is 1. The van der Waals surface area contributed by atoms with Gasteiger partial charge in [-0.25, -0.2) is 9.37 Å². The van der Waals surface area contributed by atoms with Gasteiger partial charge in [0.25, 0.3) is 0 Å². The van der Waals surface area contributed by atoms with Crippen molar-refractivity contribution in [3.8, 4) is 0 Å². The highest BCUT2D eigenvalue weighted by Gasteiger charge is 2.21. The summed E-state index contributed by atoms with van der Waals surface area (Å²) in [5.41, 5.74) is 1.52. The van der Waals surface area contributed by atoms with Crippen LogP contribution in [0.15, 0.2) is 24.3 Å². The molecule has 7 heteroatoms. The standard InChI is InChI=1S/C16H18ClFN4O/c1-10-7-12(18)3-4-13(10)19-16-20-14(17)8-15(21-16)22-5-6-23-9-11(22)2/h3-4,7-8,11H,5-6,9H2,1-2H3,(H,19,20,21)/t11-/m1/s1. The van der Waals surface area contributed by atoms with E-state index in [0.29, 0.717) is 24.3 Å². The lowest BCUT2D eigenvalue weighted by Gasteiger charge is -2.34. The Bertz CT molecular complexity index is 712. The number of anilines is 3. The molecule has 23 heavy (non-hydrogen) atoms. The SMILES string of the molecule is Cc1cc(F)ccc1Nc1nc(Cl)cc(N2CCOC[C@H]2C)n1. The maximum Gasteiger partial charge on any atom is 0.230 e. The summed E-state index contributed by atoms with van der Waals surface area (Å²) in [5.74, 6) is 0.867. The highest BCUT2D eigenvalue weighted by Crippen LogP contribution is 2.25. The summed E-state index contributed by atoms with van der Waals surface area (Å²) in [4.78, 5) is 10.9. The van der Waals surface area contributed by atoms with E-state index in [9.17, 15) is 4.39 Å². The molecule has 0 unspecified atom stereocenters. The second kappa shape index (κ2) is 6.68. The van der Waals surface area contributed by atoms with E-state index in [1.807, 2.05) is 6.92 Å². The van der Waals surface area contributed by atoms with Crippen LogP contribution in [-0.2, 0) is 4.74 Å². The first-order valence-corrected chi connectivity index (χ1v) is 7.83. The topological polar surface area (TPSA) is 50.3 Å². The van der Waals surface area contributed by atoms with Crippen LogP contribution in [0.4, 0.5) is 21.8 Å². The quantitative estimate of drug-likeness (QED) is 0.869. The lowest BCUT2D eigenvalue weighted by atomic mass is 10.2. The molecule has 1 atom stereocenters. The third kappa shape index (κ3) is 3.71. The van der Waals surface area contributed by atoms with Gasteiger partial charge in [-0.05, 0) is 37.6 Å². The zero-order valence-corrected chi connectivity index (χ0v) is 13.8. The molecule has 1 aliphatic heterocycles. The normalized spacial score (nSPS) is 18.1. The zero-order chi connectivity index (χ0) is 16.4. The molecular formula is C16H18ClFN4O. The molecule has 122 valence electrons. The molecule has 2 heterocycles. The van der Waals surface area contributed by atoms with Gasteiger partial charge in [-0.15, -0.1) is 0 Å². The second-order valence-corrected chi connectivity index (χ2v) is 5.96. The smallest absolute Gasteiger partial charge is 0.230 e. The number of hydrogen-bond acceptors (Lipinski definition) is 5. The van der Waals surface area contributed by atoms with Crippen molar-refractivity contribution < 1.29 is 9.13 Å². The Hall–Kier alpha value is -1.92. The Labute approximate surface area is 139 Å². The van der Waals surface area contributed by atoms with Gasteiger partial charge in [0.15, 0.2) is 0 Å². The second-order valence-electron chi connectivity index (χ2n) is 5.57. The first kappa shape index (κ1) is 16.0. The molecule has 0 bridgehead atoms. The fourth-order valence-electron chi connectivity index (χ4n) is 2.56. The van der Waals surface area contributed by atoms with Crippen LogP contribution >= 0.6 is 11.6 Å². The molecule has 0 saturated carbocycles. The summed E-state index contributed by atoms with van der Waals surface area (Å²) in [7, 11) is 0. The number of ether oxygens (including phenoxy) is 1. The molecule has 1 aromatic carbocycles. The summed E-state index contributed by atoms with van der Waals surface area (Å²) in [6, 6.07) is 6.47. The van der Waals surface area contributed by atoms with Crippen LogP contribution in [0, 0.1) is 12.7 Å². The van der Waals surface area contributed by atoms with E-state index in [1.165, 1.54) is 12.1 Å². The number of nitrogens with zero attached hydrogens (tertiary/aromatic N) is 3. The van der Waals surface area contributed by atoms with Crippen LogP contribution in [0.3, 0.4) is 0 Å². The number of hydrogen-bond donors (Lipinski definition) is 1. The van der Waals surface area contributed by atoms with Gasteiger partial charge in [-0.2, -0.15) is 4.98 Å². The van der Waals surface area contributed by atoms with E-state index in [4.69, 9.17) is 16.3 Å². The maximum absolute atomic E-state index is 13.2. The predicted octanol–water partition coefficient (Wildman–Crippen LogP) is 3.55. The number of benzene rings is 1. The van der Waals surface area contributed by atoms with Crippen LogP contribution in [0.1, 0.15) is 12.5 Å². The van der Waals surface area contributed by atoms with Gasteiger partial charge in [-0.3, -0.25) is 0 Å². The minimum Gasteiger partial charge on any atom is -0.377 e.